The molecule has 0 spiro atoms. The van der Waals surface area contributed by atoms with Crippen LogP contribution in [0.2, 0.25) is 0 Å². The maximum absolute atomic E-state index is 12.2. The number of esters is 1. The Morgan fingerprint density at radius 2 is 1.63 bits per heavy atom. The Balaban J connectivity index is 2.16. The van der Waals surface area contributed by atoms with E-state index in [1.807, 2.05) is 0 Å². The molecule has 142 valence electrons. The minimum atomic E-state index is -0.797. The van der Waals surface area contributed by atoms with Crippen molar-refractivity contribution in [3.05, 3.63) is 53.6 Å². The molecule has 0 aliphatic rings. The fourth-order valence-electron chi connectivity index (χ4n) is 2.30. The first-order chi connectivity index (χ1) is 12.8. The van der Waals surface area contributed by atoms with Crippen molar-refractivity contribution in [2.75, 3.05) is 7.11 Å². The lowest BCUT2D eigenvalue weighted by Gasteiger charge is -2.17. The Morgan fingerprint density at radius 3 is 2.22 bits per heavy atom. The highest BCUT2D eigenvalue weighted by molar-refractivity contribution is 5.92. The van der Waals surface area contributed by atoms with Gasteiger partial charge in [0.05, 0.1) is 19.6 Å². The van der Waals surface area contributed by atoms with Gasteiger partial charge in [-0.2, -0.15) is 0 Å². The third kappa shape index (κ3) is 5.40. The van der Waals surface area contributed by atoms with Crippen LogP contribution in [0.4, 0.5) is 0 Å². The Bertz CT molecular complexity index is 876. The summed E-state index contributed by atoms with van der Waals surface area (Å²) in [6.07, 6.45) is 2.43. The van der Waals surface area contributed by atoms with Crippen LogP contribution < -0.4 is 5.32 Å². The summed E-state index contributed by atoms with van der Waals surface area (Å²) in [6, 6.07) is 7.22. The van der Waals surface area contributed by atoms with Crippen molar-refractivity contribution in [2.24, 2.45) is 0 Å². The molecule has 2 aromatic carbocycles. The Morgan fingerprint density at radius 1 is 1.00 bits per heavy atom. The van der Waals surface area contributed by atoms with Crippen molar-refractivity contribution < 1.29 is 34.8 Å². The molecule has 27 heavy (non-hydrogen) atoms. The maximum atomic E-state index is 12.2. The van der Waals surface area contributed by atoms with Crippen LogP contribution in [0.3, 0.4) is 0 Å². The Kier molecular flexibility index (Phi) is 6.27. The molecule has 1 atom stereocenters. The van der Waals surface area contributed by atoms with Gasteiger partial charge in [-0.15, -0.1) is 0 Å². The Labute approximate surface area is 155 Å². The molecule has 2 aromatic rings. The predicted octanol–water partition coefficient (Wildman–Crippen LogP) is 1.94. The number of amides is 1. The van der Waals surface area contributed by atoms with Gasteiger partial charge in [-0.25, -0.2) is 0 Å². The number of hydrogen-bond donors (Lipinski definition) is 5. The molecule has 8 nitrogen and oxygen atoms in total. The molecule has 8 heteroatoms. The zero-order chi connectivity index (χ0) is 20.0. The van der Waals surface area contributed by atoms with E-state index >= 15 is 0 Å². The average molecular weight is 373 g/mol. The number of hydrogen-bond acceptors (Lipinski definition) is 7. The molecule has 2 rings (SSSR count). The fraction of sp³-hybridized carbons (Fsp3) is 0.158. The molecule has 1 amide bonds. The van der Waals surface area contributed by atoms with Crippen LogP contribution in [-0.4, -0.2) is 39.4 Å². The van der Waals surface area contributed by atoms with Gasteiger partial charge in [-0.1, -0.05) is 12.1 Å². The normalized spacial score (nSPS) is 11.9. The van der Waals surface area contributed by atoms with Gasteiger partial charge < -0.3 is 30.5 Å². The summed E-state index contributed by atoms with van der Waals surface area (Å²) in [6.45, 7) is 0. The molecule has 0 saturated heterocycles. The number of aromatic hydroxyl groups is 4. The molecule has 0 radical (unpaired) electrons. The summed E-state index contributed by atoms with van der Waals surface area (Å²) in [5.41, 5.74) is 0.881. The second kappa shape index (κ2) is 8.61. The first kappa shape index (κ1) is 19.6. The van der Waals surface area contributed by atoms with Crippen LogP contribution in [0.25, 0.3) is 6.08 Å². The number of carbonyl (C=O) groups excluding carboxylic acids is 2. The van der Waals surface area contributed by atoms with Crippen molar-refractivity contribution in [1.82, 2.24) is 5.32 Å². The molecule has 0 aliphatic heterocycles. The highest BCUT2D eigenvalue weighted by Crippen LogP contribution is 2.29. The molecule has 1 unspecified atom stereocenters. The first-order valence-electron chi connectivity index (χ1n) is 7.89. The van der Waals surface area contributed by atoms with Crippen LogP contribution in [0.5, 0.6) is 23.0 Å². The van der Waals surface area contributed by atoms with E-state index in [-0.39, 0.29) is 29.4 Å². The van der Waals surface area contributed by atoms with Crippen LogP contribution in [0, 0.1) is 0 Å². The van der Waals surface area contributed by atoms with Crippen molar-refractivity contribution in [3.63, 3.8) is 0 Å². The molecular weight excluding hydrogens is 354 g/mol. The lowest BCUT2D eigenvalue weighted by molar-refractivity contribution is -0.141. The summed E-state index contributed by atoms with van der Waals surface area (Å²) in [5, 5.41) is 40.4. The van der Waals surface area contributed by atoms with Gasteiger partial charge >= 0.3 is 5.97 Å². The second-order valence-electron chi connectivity index (χ2n) is 5.67. The predicted molar refractivity (Wildman–Crippen MR) is 96.1 cm³/mol. The van der Waals surface area contributed by atoms with E-state index in [1.54, 1.807) is 0 Å². The molecule has 0 fully saturated rings. The average Bonchev–Trinajstić information content (AvgIpc) is 2.64. The number of ether oxygens (including phenoxy) is 1. The van der Waals surface area contributed by atoms with Crippen LogP contribution in [0.1, 0.15) is 23.6 Å². The molecule has 0 heterocycles. The number of phenols is 4. The van der Waals surface area contributed by atoms with E-state index in [1.165, 1.54) is 55.7 Å². The number of nitrogens with one attached hydrogen (secondary N) is 1. The van der Waals surface area contributed by atoms with Crippen molar-refractivity contribution >= 4 is 18.0 Å². The summed E-state index contributed by atoms with van der Waals surface area (Å²) >= 11 is 0. The smallest absolute Gasteiger partial charge is 0.307 e. The molecule has 0 aliphatic carbocycles. The van der Waals surface area contributed by atoms with Crippen molar-refractivity contribution in [3.8, 4) is 23.0 Å². The van der Waals surface area contributed by atoms with Gasteiger partial charge in [-0.05, 0) is 41.5 Å². The van der Waals surface area contributed by atoms with Gasteiger partial charge in [0.2, 0.25) is 5.91 Å². The van der Waals surface area contributed by atoms with Crippen LogP contribution in [-0.2, 0) is 14.3 Å². The van der Waals surface area contributed by atoms with Crippen LogP contribution in [0.15, 0.2) is 42.5 Å². The number of phenolic OH excluding ortho intramolecular Hbond substituents is 4. The molecule has 5 N–H and O–H groups in total. The molecule has 0 saturated carbocycles. The molecule has 0 bridgehead atoms. The second-order valence-corrected chi connectivity index (χ2v) is 5.67. The zero-order valence-corrected chi connectivity index (χ0v) is 14.4. The summed E-state index contributed by atoms with van der Waals surface area (Å²) in [4.78, 5) is 23.8. The van der Waals surface area contributed by atoms with E-state index < -0.39 is 17.9 Å². The van der Waals surface area contributed by atoms with E-state index in [0.717, 1.165) is 0 Å². The summed E-state index contributed by atoms with van der Waals surface area (Å²) in [7, 11) is 1.21. The van der Waals surface area contributed by atoms with E-state index in [2.05, 4.69) is 10.1 Å². The highest BCUT2D eigenvalue weighted by Gasteiger charge is 2.19. The fourth-order valence-corrected chi connectivity index (χ4v) is 2.30. The van der Waals surface area contributed by atoms with E-state index in [9.17, 15) is 30.0 Å². The number of rotatable bonds is 6. The minimum absolute atomic E-state index is 0.180. The van der Waals surface area contributed by atoms with E-state index in [4.69, 9.17) is 0 Å². The lowest BCUT2D eigenvalue weighted by atomic mass is 10.0. The van der Waals surface area contributed by atoms with Crippen molar-refractivity contribution in [1.29, 1.82) is 0 Å². The van der Waals surface area contributed by atoms with Gasteiger partial charge in [0.1, 0.15) is 0 Å². The SMILES string of the molecule is COC(=O)CC(NC(=O)/C=C/c1ccc(O)c(O)c1)c1ccc(O)c(O)c1. The molecule has 0 aromatic heterocycles. The third-order valence-electron chi connectivity index (χ3n) is 3.74. The highest BCUT2D eigenvalue weighted by atomic mass is 16.5. The first-order valence-corrected chi connectivity index (χ1v) is 7.89. The third-order valence-corrected chi connectivity index (χ3v) is 3.74. The van der Waals surface area contributed by atoms with Gasteiger partial charge in [-0.3, -0.25) is 9.59 Å². The Hall–Kier alpha value is -3.68. The summed E-state index contributed by atoms with van der Waals surface area (Å²) in [5.74, 6) is -2.41. The van der Waals surface area contributed by atoms with Gasteiger partial charge in [0, 0.05) is 6.08 Å². The van der Waals surface area contributed by atoms with Gasteiger partial charge in [0.15, 0.2) is 23.0 Å². The minimum Gasteiger partial charge on any atom is -0.504 e. The topological polar surface area (TPSA) is 136 Å². The zero-order valence-electron chi connectivity index (χ0n) is 14.4. The number of benzene rings is 2. The van der Waals surface area contributed by atoms with E-state index in [0.29, 0.717) is 11.1 Å². The molecular formula is C19H19NO7. The van der Waals surface area contributed by atoms with Crippen molar-refractivity contribution in [2.45, 2.75) is 12.5 Å². The quantitative estimate of drug-likeness (QED) is 0.296. The largest absolute Gasteiger partial charge is 0.504 e. The van der Waals surface area contributed by atoms with Crippen LogP contribution >= 0.6 is 0 Å². The lowest BCUT2D eigenvalue weighted by Crippen LogP contribution is -2.29. The standard InChI is InChI=1S/C19H19NO7/c1-27-19(26)10-13(12-4-6-15(22)17(24)9-12)20-18(25)7-3-11-2-5-14(21)16(23)8-11/h2-9,13,21-24H,10H2,1H3,(H,20,25)/b7-3+. The monoisotopic (exact) mass is 373 g/mol. The number of methoxy groups -OCH3 is 1. The van der Waals surface area contributed by atoms with Gasteiger partial charge in [0.25, 0.3) is 0 Å². The number of carbonyl (C=O) groups is 2. The maximum Gasteiger partial charge on any atom is 0.307 e. The summed E-state index contributed by atoms with van der Waals surface area (Å²) < 4.78 is 4.62.